The second-order valence-electron chi connectivity index (χ2n) is 5.08. The predicted molar refractivity (Wildman–Crippen MR) is 74.6 cm³/mol. The van der Waals surface area contributed by atoms with Crippen LogP contribution in [0.5, 0.6) is 0 Å². The number of halogens is 1. The summed E-state index contributed by atoms with van der Waals surface area (Å²) in [6.45, 7) is 7.82. The van der Waals surface area contributed by atoms with Gasteiger partial charge in [0.25, 0.3) is 0 Å². The largest absolute Gasteiger partial charge is 0.396 e. The summed E-state index contributed by atoms with van der Waals surface area (Å²) in [4.78, 5) is 5.89. The standard InChI is InChI=1S/C14H20FN3O/c1-3-10-19-14(2)6-8-18(9-7-14)13-11(16)4-5-12(15)17-13/h3-5H,1,6-10,16H2,2H3. The zero-order valence-electron chi connectivity index (χ0n) is 11.2. The Hall–Kier alpha value is -1.62. The SMILES string of the molecule is C=CCOC1(C)CCN(c2nc(F)ccc2N)CC1. The molecule has 0 saturated carbocycles. The molecule has 2 rings (SSSR count). The minimum absolute atomic E-state index is 0.146. The predicted octanol–water partition coefficient (Wildman–Crippen LogP) is 2.36. The number of anilines is 2. The zero-order valence-corrected chi connectivity index (χ0v) is 11.2. The normalized spacial score (nSPS) is 18.3. The Morgan fingerprint density at radius 2 is 2.21 bits per heavy atom. The molecule has 1 fully saturated rings. The molecule has 4 nitrogen and oxygen atoms in total. The van der Waals surface area contributed by atoms with Gasteiger partial charge < -0.3 is 15.4 Å². The molecule has 5 heteroatoms. The molecule has 0 aromatic carbocycles. The first kappa shape index (κ1) is 13.8. The van der Waals surface area contributed by atoms with Crippen molar-refractivity contribution in [3.05, 3.63) is 30.7 Å². The fourth-order valence-electron chi connectivity index (χ4n) is 2.29. The van der Waals surface area contributed by atoms with Crippen LogP contribution in [0.1, 0.15) is 19.8 Å². The maximum absolute atomic E-state index is 13.2. The third kappa shape index (κ3) is 3.23. The molecule has 1 aromatic heterocycles. The molecule has 0 aliphatic carbocycles. The van der Waals surface area contributed by atoms with Crippen LogP contribution in [-0.4, -0.2) is 30.3 Å². The molecule has 1 saturated heterocycles. The second-order valence-corrected chi connectivity index (χ2v) is 5.08. The lowest BCUT2D eigenvalue weighted by Gasteiger charge is -2.39. The van der Waals surface area contributed by atoms with E-state index in [2.05, 4.69) is 18.5 Å². The fourth-order valence-corrected chi connectivity index (χ4v) is 2.29. The van der Waals surface area contributed by atoms with Crippen molar-refractivity contribution in [3.8, 4) is 0 Å². The Balaban J connectivity index is 2.03. The number of nitrogens with zero attached hydrogens (tertiary/aromatic N) is 2. The first-order valence-corrected chi connectivity index (χ1v) is 6.46. The molecule has 0 atom stereocenters. The summed E-state index contributed by atoms with van der Waals surface area (Å²) in [6.07, 6.45) is 3.47. The topological polar surface area (TPSA) is 51.4 Å². The van der Waals surface area contributed by atoms with Crippen molar-refractivity contribution in [1.29, 1.82) is 0 Å². The molecular weight excluding hydrogens is 245 g/mol. The number of aromatic nitrogens is 1. The van der Waals surface area contributed by atoms with E-state index in [1.54, 1.807) is 12.1 Å². The number of hydrogen-bond donors (Lipinski definition) is 1. The first-order valence-electron chi connectivity index (χ1n) is 6.46. The number of ether oxygens (including phenoxy) is 1. The minimum Gasteiger partial charge on any atom is -0.396 e. The van der Waals surface area contributed by atoms with Crippen LogP contribution in [0.2, 0.25) is 0 Å². The number of nitrogen functional groups attached to an aromatic ring is 1. The highest BCUT2D eigenvalue weighted by atomic mass is 19.1. The summed E-state index contributed by atoms with van der Waals surface area (Å²) in [5.74, 6) is 0.0335. The van der Waals surface area contributed by atoms with Crippen molar-refractivity contribution in [2.45, 2.75) is 25.4 Å². The van der Waals surface area contributed by atoms with Gasteiger partial charge in [-0.3, -0.25) is 0 Å². The van der Waals surface area contributed by atoms with Crippen molar-refractivity contribution in [2.24, 2.45) is 0 Å². The van der Waals surface area contributed by atoms with Crippen molar-refractivity contribution in [3.63, 3.8) is 0 Å². The second kappa shape index (κ2) is 5.57. The van der Waals surface area contributed by atoms with E-state index in [1.165, 1.54) is 6.07 Å². The number of hydrogen-bond acceptors (Lipinski definition) is 4. The van der Waals surface area contributed by atoms with Crippen LogP contribution in [-0.2, 0) is 4.74 Å². The van der Waals surface area contributed by atoms with Gasteiger partial charge in [-0.25, -0.2) is 4.98 Å². The summed E-state index contributed by atoms with van der Waals surface area (Å²) in [5, 5.41) is 0. The van der Waals surface area contributed by atoms with Crippen molar-refractivity contribution in [2.75, 3.05) is 30.3 Å². The van der Waals surface area contributed by atoms with Gasteiger partial charge in [-0.2, -0.15) is 4.39 Å². The Labute approximate surface area is 113 Å². The fraction of sp³-hybridized carbons (Fsp3) is 0.500. The number of rotatable bonds is 4. The molecule has 0 radical (unpaired) electrons. The first-order chi connectivity index (χ1) is 9.04. The van der Waals surface area contributed by atoms with Gasteiger partial charge in [0, 0.05) is 13.1 Å². The molecule has 1 aromatic rings. The van der Waals surface area contributed by atoms with E-state index in [0.717, 1.165) is 25.9 Å². The van der Waals surface area contributed by atoms with Crippen LogP contribution in [0.3, 0.4) is 0 Å². The van der Waals surface area contributed by atoms with Crippen LogP contribution in [0.25, 0.3) is 0 Å². The molecule has 0 spiro atoms. The van der Waals surface area contributed by atoms with E-state index in [4.69, 9.17) is 10.5 Å². The molecule has 2 N–H and O–H groups in total. The summed E-state index contributed by atoms with van der Waals surface area (Å²) in [5.41, 5.74) is 6.22. The van der Waals surface area contributed by atoms with Gasteiger partial charge in [0.15, 0.2) is 5.82 Å². The maximum Gasteiger partial charge on any atom is 0.214 e. The average Bonchev–Trinajstić information content (AvgIpc) is 2.40. The minimum atomic E-state index is -0.500. The molecule has 0 bridgehead atoms. The molecule has 2 heterocycles. The quantitative estimate of drug-likeness (QED) is 0.670. The lowest BCUT2D eigenvalue weighted by atomic mass is 9.93. The molecular formula is C14H20FN3O. The van der Waals surface area contributed by atoms with Gasteiger partial charge in [-0.1, -0.05) is 6.08 Å². The van der Waals surface area contributed by atoms with E-state index >= 15 is 0 Å². The van der Waals surface area contributed by atoms with Gasteiger partial charge >= 0.3 is 0 Å². The highest BCUT2D eigenvalue weighted by Crippen LogP contribution is 2.30. The van der Waals surface area contributed by atoms with Crippen molar-refractivity contribution in [1.82, 2.24) is 4.98 Å². The summed E-state index contributed by atoms with van der Waals surface area (Å²) >= 11 is 0. The summed E-state index contributed by atoms with van der Waals surface area (Å²) < 4.78 is 19.0. The molecule has 104 valence electrons. The Morgan fingerprint density at radius 3 is 2.84 bits per heavy atom. The lowest BCUT2D eigenvalue weighted by molar-refractivity contribution is -0.0335. The van der Waals surface area contributed by atoms with Crippen molar-refractivity contribution < 1.29 is 9.13 Å². The zero-order chi connectivity index (χ0) is 13.9. The number of pyridine rings is 1. The van der Waals surface area contributed by atoms with Gasteiger partial charge in [0.2, 0.25) is 5.95 Å². The smallest absolute Gasteiger partial charge is 0.214 e. The van der Waals surface area contributed by atoms with Gasteiger partial charge in [0.1, 0.15) is 0 Å². The van der Waals surface area contributed by atoms with Crippen LogP contribution in [0, 0.1) is 5.95 Å². The van der Waals surface area contributed by atoms with Gasteiger partial charge in [-0.05, 0) is 31.9 Å². The molecule has 0 unspecified atom stereocenters. The van der Waals surface area contributed by atoms with Crippen LogP contribution in [0.15, 0.2) is 24.8 Å². The van der Waals surface area contributed by atoms with E-state index in [1.807, 2.05) is 4.90 Å². The molecule has 1 aliphatic rings. The lowest BCUT2D eigenvalue weighted by Crippen LogP contribution is -2.44. The Bertz CT molecular complexity index is 456. The van der Waals surface area contributed by atoms with E-state index in [9.17, 15) is 4.39 Å². The maximum atomic E-state index is 13.2. The Kier molecular flexibility index (Phi) is 4.04. The van der Waals surface area contributed by atoms with Crippen LogP contribution < -0.4 is 10.6 Å². The Morgan fingerprint density at radius 1 is 1.53 bits per heavy atom. The summed E-state index contributed by atoms with van der Waals surface area (Å²) in [6, 6.07) is 2.83. The number of piperidine rings is 1. The molecule has 19 heavy (non-hydrogen) atoms. The van der Waals surface area contributed by atoms with E-state index in [0.29, 0.717) is 18.1 Å². The highest BCUT2D eigenvalue weighted by Gasteiger charge is 2.31. The third-order valence-electron chi connectivity index (χ3n) is 3.54. The van der Waals surface area contributed by atoms with Crippen LogP contribution >= 0.6 is 0 Å². The van der Waals surface area contributed by atoms with Gasteiger partial charge in [0.05, 0.1) is 17.9 Å². The molecule has 0 amide bonds. The molecule has 1 aliphatic heterocycles. The van der Waals surface area contributed by atoms with Gasteiger partial charge in [-0.15, -0.1) is 6.58 Å². The van der Waals surface area contributed by atoms with Crippen LogP contribution in [0.4, 0.5) is 15.9 Å². The highest BCUT2D eigenvalue weighted by molar-refractivity contribution is 5.62. The van der Waals surface area contributed by atoms with Crippen molar-refractivity contribution >= 4 is 11.5 Å². The monoisotopic (exact) mass is 265 g/mol. The third-order valence-corrected chi connectivity index (χ3v) is 3.54. The average molecular weight is 265 g/mol. The summed E-state index contributed by atoms with van der Waals surface area (Å²) in [7, 11) is 0. The number of nitrogens with two attached hydrogens (primary N) is 1. The van der Waals surface area contributed by atoms with E-state index < -0.39 is 5.95 Å². The van der Waals surface area contributed by atoms with E-state index in [-0.39, 0.29) is 5.60 Å².